The fourth-order valence-electron chi connectivity index (χ4n) is 2.69. The number of methoxy groups -OCH3 is 1. The molecule has 26 heavy (non-hydrogen) atoms. The number of amides is 1. The Morgan fingerprint density at radius 3 is 2.65 bits per heavy atom. The molecule has 7 heteroatoms. The summed E-state index contributed by atoms with van der Waals surface area (Å²) in [5.41, 5.74) is 1.02. The second kappa shape index (κ2) is 7.60. The second-order valence-corrected chi connectivity index (χ2v) is 5.52. The van der Waals surface area contributed by atoms with Crippen LogP contribution in [0.4, 0.5) is 4.79 Å². The van der Waals surface area contributed by atoms with E-state index in [-0.39, 0.29) is 18.7 Å². The molecule has 0 unspecified atom stereocenters. The fourth-order valence-corrected chi connectivity index (χ4v) is 2.69. The third-order valence-corrected chi connectivity index (χ3v) is 3.87. The van der Waals surface area contributed by atoms with Crippen molar-refractivity contribution in [1.29, 1.82) is 0 Å². The summed E-state index contributed by atoms with van der Waals surface area (Å²) in [4.78, 5) is 25.9. The van der Waals surface area contributed by atoms with Crippen LogP contribution in [0.2, 0.25) is 0 Å². The number of ether oxygens (including phenoxy) is 2. The lowest BCUT2D eigenvalue weighted by Gasteiger charge is -2.15. The zero-order valence-electron chi connectivity index (χ0n) is 14.1. The van der Waals surface area contributed by atoms with Gasteiger partial charge >= 0.3 is 6.09 Å². The highest BCUT2D eigenvalue weighted by Crippen LogP contribution is 2.34. The van der Waals surface area contributed by atoms with Gasteiger partial charge in [-0.25, -0.2) is 4.79 Å². The van der Waals surface area contributed by atoms with Gasteiger partial charge in [0.25, 0.3) is 5.56 Å². The van der Waals surface area contributed by atoms with Crippen molar-refractivity contribution in [2.75, 3.05) is 20.3 Å². The molecule has 0 aliphatic carbocycles. The van der Waals surface area contributed by atoms with Crippen LogP contribution in [0, 0.1) is 0 Å². The van der Waals surface area contributed by atoms with E-state index in [9.17, 15) is 9.59 Å². The Labute approximate surface area is 149 Å². The molecule has 0 aliphatic rings. The first-order chi connectivity index (χ1) is 12.6. The lowest BCUT2D eigenvalue weighted by Crippen LogP contribution is -2.26. The number of fused-ring (bicyclic) bond motifs is 1. The maximum atomic E-state index is 12.5. The van der Waals surface area contributed by atoms with Crippen LogP contribution in [-0.4, -0.2) is 36.4 Å². The van der Waals surface area contributed by atoms with Gasteiger partial charge in [-0.3, -0.25) is 4.79 Å². The molecule has 0 aliphatic heterocycles. The summed E-state index contributed by atoms with van der Waals surface area (Å²) in [6.45, 7) is 0.250. The minimum absolute atomic E-state index is 0.124. The van der Waals surface area contributed by atoms with Gasteiger partial charge in [-0.1, -0.05) is 30.3 Å². The molecule has 0 atom stereocenters. The highest BCUT2D eigenvalue weighted by Gasteiger charge is 2.15. The van der Waals surface area contributed by atoms with E-state index in [4.69, 9.17) is 14.6 Å². The Morgan fingerprint density at radius 2 is 1.92 bits per heavy atom. The number of nitrogens with one attached hydrogen (secondary N) is 2. The molecule has 0 saturated heterocycles. The van der Waals surface area contributed by atoms with Gasteiger partial charge in [0.2, 0.25) is 0 Å². The van der Waals surface area contributed by atoms with Crippen molar-refractivity contribution in [2.24, 2.45) is 0 Å². The van der Waals surface area contributed by atoms with Crippen LogP contribution in [0.15, 0.2) is 53.3 Å². The van der Waals surface area contributed by atoms with Crippen molar-refractivity contribution < 1.29 is 19.4 Å². The Bertz CT molecular complexity index is 997. The summed E-state index contributed by atoms with van der Waals surface area (Å²) < 4.78 is 11.1. The van der Waals surface area contributed by atoms with Crippen LogP contribution >= 0.6 is 0 Å². The van der Waals surface area contributed by atoms with Gasteiger partial charge < -0.3 is 24.9 Å². The molecule has 0 saturated carbocycles. The maximum absolute atomic E-state index is 12.5. The molecular formula is C19H18N2O5. The third-order valence-electron chi connectivity index (χ3n) is 3.87. The number of benzene rings is 2. The monoisotopic (exact) mass is 354 g/mol. The summed E-state index contributed by atoms with van der Waals surface area (Å²) in [5, 5.41) is 12.1. The number of hydrogen-bond acceptors (Lipinski definition) is 4. The standard InChI is InChI=1S/C19H18N2O5/c1-25-13-6-4-5-12(11-13)16-17(26-10-9-20-19(23)24)14-7-2-3-8-15(14)18(22)21-16/h2-8,11,20H,9-10H2,1H3,(H,21,22)(H,23,24). The Hall–Kier alpha value is -3.48. The minimum Gasteiger partial charge on any atom is -0.497 e. The number of carbonyl (C=O) groups is 1. The van der Waals surface area contributed by atoms with Crippen LogP contribution in [0.5, 0.6) is 11.5 Å². The zero-order valence-corrected chi connectivity index (χ0v) is 14.1. The van der Waals surface area contributed by atoms with Crippen LogP contribution in [0.3, 0.4) is 0 Å². The highest BCUT2D eigenvalue weighted by atomic mass is 16.5. The largest absolute Gasteiger partial charge is 0.497 e. The lowest BCUT2D eigenvalue weighted by atomic mass is 10.1. The summed E-state index contributed by atoms with van der Waals surface area (Å²) >= 11 is 0. The molecule has 3 aromatic rings. The molecule has 3 N–H and O–H groups in total. The molecule has 134 valence electrons. The average Bonchev–Trinajstić information content (AvgIpc) is 2.66. The van der Waals surface area contributed by atoms with Crippen molar-refractivity contribution >= 4 is 16.9 Å². The van der Waals surface area contributed by atoms with E-state index in [0.717, 1.165) is 5.56 Å². The van der Waals surface area contributed by atoms with Crippen LogP contribution in [0.1, 0.15) is 0 Å². The van der Waals surface area contributed by atoms with Gasteiger partial charge in [0.1, 0.15) is 12.4 Å². The summed E-state index contributed by atoms with van der Waals surface area (Å²) in [6.07, 6.45) is -1.12. The van der Waals surface area contributed by atoms with Gasteiger partial charge in [-0.2, -0.15) is 0 Å². The van der Waals surface area contributed by atoms with Crippen molar-refractivity contribution in [3.63, 3.8) is 0 Å². The van der Waals surface area contributed by atoms with E-state index in [1.807, 2.05) is 18.2 Å². The number of pyridine rings is 1. The smallest absolute Gasteiger partial charge is 0.404 e. The van der Waals surface area contributed by atoms with Gasteiger partial charge in [-0.05, 0) is 18.2 Å². The predicted molar refractivity (Wildman–Crippen MR) is 98.1 cm³/mol. The van der Waals surface area contributed by atoms with Crippen molar-refractivity contribution in [3.8, 4) is 22.8 Å². The van der Waals surface area contributed by atoms with Crippen LogP contribution < -0.4 is 20.3 Å². The number of rotatable bonds is 6. The van der Waals surface area contributed by atoms with Gasteiger partial charge in [0, 0.05) is 10.9 Å². The summed E-state index contributed by atoms with van der Waals surface area (Å²) in [5.74, 6) is 1.13. The molecule has 2 aromatic carbocycles. The average molecular weight is 354 g/mol. The quantitative estimate of drug-likeness (QED) is 0.591. The number of aromatic nitrogens is 1. The second-order valence-electron chi connectivity index (χ2n) is 5.52. The number of aromatic amines is 1. The van der Waals surface area contributed by atoms with E-state index >= 15 is 0 Å². The van der Waals surface area contributed by atoms with Crippen LogP contribution in [-0.2, 0) is 0 Å². The Balaban J connectivity index is 2.09. The van der Waals surface area contributed by atoms with E-state index < -0.39 is 6.09 Å². The predicted octanol–water partition coefficient (Wildman–Crippen LogP) is 2.85. The van der Waals surface area contributed by atoms with E-state index in [1.165, 1.54) is 0 Å². The van der Waals surface area contributed by atoms with Crippen LogP contribution in [0.25, 0.3) is 22.0 Å². The van der Waals surface area contributed by atoms with E-state index in [2.05, 4.69) is 10.3 Å². The topological polar surface area (TPSA) is 101 Å². The molecule has 1 amide bonds. The fraction of sp³-hybridized carbons (Fsp3) is 0.158. The molecule has 0 fully saturated rings. The maximum Gasteiger partial charge on any atom is 0.404 e. The van der Waals surface area contributed by atoms with Gasteiger partial charge in [-0.15, -0.1) is 0 Å². The Morgan fingerprint density at radius 1 is 1.15 bits per heavy atom. The minimum atomic E-state index is -1.12. The molecule has 0 spiro atoms. The third kappa shape index (κ3) is 3.61. The number of carboxylic acid groups (broad SMARTS) is 1. The molecule has 0 radical (unpaired) electrons. The van der Waals surface area contributed by atoms with Crippen molar-refractivity contribution in [2.45, 2.75) is 0 Å². The molecule has 1 aromatic heterocycles. The van der Waals surface area contributed by atoms with E-state index in [1.54, 1.807) is 37.4 Å². The molecule has 3 rings (SSSR count). The highest BCUT2D eigenvalue weighted by molar-refractivity contribution is 5.93. The SMILES string of the molecule is COc1cccc(-c2[nH]c(=O)c3ccccc3c2OCCNC(=O)O)c1. The summed E-state index contributed by atoms with van der Waals surface area (Å²) in [7, 11) is 1.57. The normalized spacial score (nSPS) is 10.5. The van der Waals surface area contributed by atoms with Gasteiger partial charge in [0.05, 0.1) is 24.7 Å². The van der Waals surface area contributed by atoms with Gasteiger partial charge in [0.15, 0.2) is 5.75 Å². The molecule has 7 nitrogen and oxygen atoms in total. The first kappa shape index (κ1) is 17.3. The lowest BCUT2D eigenvalue weighted by molar-refractivity contribution is 0.191. The first-order valence-electron chi connectivity index (χ1n) is 7.99. The number of hydrogen-bond donors (Lipinski definition) is 3. The molecular weight excluding hydrogens is 336 g/mol. The summed E-state index contributed by atoms with van der Waals surface area (Å²) in [6, 6.07) is 14.4. The molecule has 1 heterocycles. The number of H-pyrrole nitrogens is 1. The first-order valence-corrected chi connectivity index (χ1v) is 7.99. The molecule has 0 bridgehead atoms. The van der Waals surface area contributed by atoms with Crippen molar-refractivity contribution in [3.05, 3.63) is 58.9 Å². The zero-order chi connectivity index (χ0) is 18.5. The van der Waals surface area contributed by atoms with E-state index in [0.29, 0.717) is 28.0 Å². The Kier molecular flexibility index (Phi) is 5.07. The van der Waals surface area contributed by atoms with Crippen molar-refractivity contribution in [1.82, 2.24) is 10.3 Å².